The second-order valence-corrected chi connectivity index (χ2v) is 8.06. The van der Waals surface area contributed by atoms with E-state index in [1.807, 2.05) is 52.2 Å². The van der Waals surface area contributed by atoms with Crippen LogP contribution in [0, 0.1) is 13.8 Å². The zero-order valence-electron chi connectivity index (χ0n) is 20.2. The predicted octanol–water partition coefficient (Wildman–Crippen LogP) is -3.18. The average molecular weight is 412 g/mol. The Balaban J connectivity index is 0.00000113. The first kappa shape index (κ1) is 30.1. The first-order chi connectivity index (χ1) is 13.8. The van der Waals surface area contributed by atoms with Crippen molar-refractivity contribution in [3.8, 4) is 11.5 Å². The van der Waals surface area contributed by atoms with Crippen molar-refractivity contribution in [3.05, 3.63) is 58.7 Å². The van der Waals surface area contributed by atoms with Crippen molar-refractivity contribution in [2.45, 2.75) is 39.8 Å². The minimum atomic E-state index is 0. The monoisotopic (exact) mass is 412 g/mol. The second kappa shape index (κ2) is 15.8. The summed E-state index contributed by atoms with van der Waals surface area (Å²) < 4.78 is 4.94. The van der Waals surface area contributed by atoms with Gasteiger partial charge in [0, 0.05) is 39.4 Å². The zero-order chi connectivity index (χ0) is 21.2. The molecule has 1 saturated heterocycles. The van der Waals surface area contributed by atoms with Gasteiger partial charge in [0.25, 0.3) is 0 Å². The van der Waals surface area contributed by atoms with Gasteiger partial charge >= 0.3 is 37.7 Å². The molecule has 0 unspecified atom stereocenters. The Labute approximate surface area is 212 Å². The summed E-state index contributed by atoms with van der Waals surface area (Å²) in [4.78, 5) is 4.28. The smallest absolute Gasteiger partial charge is 0.872 e. The van der Waals surface area contributed by atoms with Crippen LogP contribution in [0.25, 0.3) is 0 Å². The van der Waals surface area contributed by atoms with Crippen LogP contribution in [0.1, 0.15) is 35.1 Å². The Morgan fingerprint density at radius 2 is 1.23 bits per heavy atom. The summed E-state index contributed by atoms with van der Waals surface area (Å²) in [5.74, 6) is 0.115. The van der Waals surface area contributed by atoms with Crippen LogP contribution in [0.15, 0.2) is 36.4 Å². The van der Waals surface area contributed by atoms with Gasteiger partial charge in [-0.2, -0.15) is 0 Å². The van der Waals surface area contributed by atoms with Crippen LogP contribution < -0.4 is 47.9 Å². The van der Waals surface area contributed by atoms with Gasteiger partial charge in [0.1, 0.15) is 0 Å². The fraction of sp³-hybridized carbons (Fsp3) is 0.500. The zero-order valence-corrected chi connectivity index (χ0v) is 20.2. The third kappa shape index (κ3) is 11.5. The minimum Gasteiger partial charge on any atom is -0.872 e. The molecule has 2 aromatic rings. The topological polar surface area (TPSA) is 61.8 Å². The maximum Gasteiger partial charge on any atom is 1.00 e. The molecular formula is C24H34Li2N2O3. The number of rotatable bonds is 7. The summed E-state index contributed by atoms with van der Waals surface area (Å²) in [5.41, 5.74) is 3.73. The molecule has 0 N–H and O–H groups in total. The molecule has 5 nitrogen and oxygen atoms in total. The summed E-state index contributed by atoms with van der Waals surface area (Å²) in [5, 5.41) is 24.2. The normalized spacial score (nSPS) is 12.7. The molecule has 0 amide bonds. The first-order valence-electron chi connectivity index (χ1n) is 10.3. The molecule has 0 aromatic heterocycles. The largest absolute Gasteiger partial charge is 1.00 e. The number of aryl methyl sites for hydroxylation is 2. The fourth-order valence-electron chi connectivity index (χ4n) is 3.21. The van der Waals surface area contributed by atoms with Gasteiger partial charge in [-0.25, -0.2) is 0 Å². The van der Waals surface area contributed by atoms with Crippen LogP contribution in [0.4, 0.5) is 0 Å². The number of benzene rings is 2. The molecule has 1 aliphatic heterocycles. The Morgan fingerprint density at radius 3 is 1.58 bits per heavy atom. The fourth-order valence-corrected chi connectivity index (χ4v) is 3.21. The quantitative estimate of drug-likeness (QED) is 0.449. The number of likely N-dealkylation sites (N-methyl/N-ethyl adjacent to an activating group) is 1. The van der Waals surface area contributed by atoms with Crippen LogP contribution in [0.5, 0.6) is 11.5 Å². The maximum absolute atomic E-state index is 12.1. The van der Waals surface area contributed by atoms with E-state index in [9.17, 15) is 10.2 Å². The number of ether oxygens (including phenoxy) is 1. The standard InChI is InChI=1S/C20H28N2O2.C4H8O.2Li/c1-15-5-7-19(23)17(11-15)13-22(10-9-21(3)4)14-18-12-16(2)6-8-20(18)24;1-2-4-5-3-1;;/h5-8,11-12,23-24H,9-10,13-14H2,1-4H3;1-4H2;;/q;;2*+1/p-2. The van der Waals surface area contributed by atoms with Crippen LogP contribution in [0.2, 0.25) is 0 Å². The predicted molar refractivity (Wildman–Crippen MR) is 114 cm³/mol. The molecule has 7 heteroatoms. The van der Waals surface area contributed by atoms with Crippen molar-refractivity contribution in [1.29, 1.82) is 0 Å². The van der Waals surface area contributed by atoms with Crippen molar-refractivity contribution >= 4 is 0 Å². The Hall–Kier alpha value is -0.885. The third-order valence-corrected chi connectivity index (χ3v) is 4.91. The van der Waals surface area contributed by atoms with Gasteiger partial charge in [-0.15, -0.1) is 11.5 Å². The molecule has 1 heterocycles. The van der Waals surface area contributed by atoms with E-state index in [0.717, 1.165) is 48.6 Å². The van der Waals surface area contributed by atoms with Gasteiger partial charge in [-0.1, -0.05) is 47.5 Å². The van der Waals surface area contributed by atoms with Crippen LogP contribution in [0.3, 0.4) is 0 Å². The van der Waals surface area contributed by atoms with Crippen molar-refractivity contribution in [3.63, 3.8) is 0 Å². The van der Waals surface area contributed by atoms with Gasteiger partial charge in [0.15, 0.2) is 0 Å². The second-order valence-electron chi connectivity index (χ2n) is 8.06. The molecule has 0 spiro atoms. The van der Waals surface area contributed by atoms with Gasteiger partial charge < -0.3 is 19.8 Å². The van der Waals surface area contributed by atoms with E-state index >= 15 is 0 Å². The molecule has 3 rings (SSSR count). The van der Waals surface area contributed by atoms with Crippen molar-refractivity contribution in [2.24, 2.45) is 0 Å². The molecule has 0 atom stereocenters. The minimum absolute atomic E-state index is 0. The average Bonchev–Trinajstić information content (AvgIpc) is 3.25. The summed E-state index contributed by atoms with van der Waals surface area (Å²) in [7, 11) is 4.05. The molecule has 2 aromatic carbocycles. The summed E-state index contributed by atoms with van der Waals surface area (Å²) >= 11 is 0. The SMILES string of the molecule is C1CCOC1.Cc1ccc([O-])c(CN(CCN(C)C)Cc2cc(C)ccc2[O-])c1.[Li+].[Li+]. The summed E-state index contributed by atoms with van der Waals surface area (Å²) in [6.45, 7) is 8.77. The molecular weight excluding hydrogens is 378 g/mol. The first-order valence-corrected chi connectivity index (χ1v) is 10.3. The van der Waals surface area contributed by atoms with E-state index < -0.39 is 0 Å². The Morgan fingerprint density at radius 1 is 0.774 bits per heavy atom. The third-order valence-electron chi connectivity index (χ3n) is 4.91. The molecule has 160 valence electrons. The van der Waals surface area contributed by atoms with E-state index in [4.69, 9.17) is 4.74 Å². The van der Waals surface area contributed by atoms with Crippen molar-refractivity contribution in [1.82, 2.24) is 9.80 Å². The van der Waals surface area contributed by atoms with Gasteiger partial charge in [0.05, 0.1) is 0 Å². The van der Waals surface area contributed by atoms with Crippen molar-refractivity contribution < 1.29 is 52.7 Å². The summed E-state index contributed by atoms with van der Waals surface area (Å²) in [6, 6.07) is 10.8. The number of nitrogens with zero attached hydrogens (tertiary/aromatic N) is 2. The van der Waals surface area contributed by atoms with E-state index in [1.54, 1.807) is 12.1 Å². The van der Waals surface area contributed by atoms with E-state index in [2.05, 4.69) is 9.80 Å². The molecule has 0 radical (unpaired) electrons. The van der Waals surface area contributed by atoms with Gasteiger partial charge in [0.2, 0.25) is 0 Å². The number of hydrogen-bond donors (Lipinski definition) is 0. The van der Waals surface area contributed by atoms with Crippen LogP contribution >= 0.6 is 0 Å². The van der Waals surface area contributed by atoms with E-state index in [0.29, 0.717) is 13.1 Å². The van der Waals surface area contributed by atoms with Crippen LogP contribution in [-0.2, 0) is 17.8 Å². The van der Waals surface area contributed by atoms with Crippen LogP contribution in [-0.4, -0.2) is 50.2 Å². The molecule has 0 saturated carbocycles. The van der Waals surface area contributed by atoms with Gasteiger partial charge in [-0.05, 0) is 51.9 Å². The molecule has 0 bridgehead atoms. The summed E-state index contributed by atoms with van der Waals surface area (Å²) in [6.07, 6.45) is 2.56. The van der Waals surface area contributed by atoms with Crippen molar-refractivity contribution in [2.75, 3.05) is 40.4 Å². The molecule has 0 aliphatic carbocycles. The molecule has 1 fully saturated rings. The Kier molecular flexibility index (Phi) is 15.4. The van der Waals surface area contributed by atoms with E-state index in [-0.39, 0.29) is 49.2 Å². The number of hydrogen-bond acceptors (Lipinski definition) is 5. The molecule has 1 aliphatic rings. The Bertz CT molecular complexity index is 707. The maximum atomic E-state index is 12.1. The van der Waals surface area contributed by atoms with E-state index in [1.165, 1.54) is 12.8 Å². The molecule has 31 heavy (non-hydrogen) atoms. The van der Waals surface area contributed by atoms with Gasteiger partial charge in [-0.3, -0.25) is 4.90 Å².